The maximum Gasteiger partial charge on any atom is 0.137 e. The summed E-state index contributed by atoms with van der Waals surface area (Å²) in [6, 6.07) is 69.1. The van der Waals surface area contributed by atoms with Crippen molar-refractivity contribution in [2.45, 2.75) is 0 Å². The number of furan rings is 1. The molecule has 10 rings (SSSR count). The number of aromatic nitrogens is 1. The Balaban J connectivity index is 1.07. The summed E-state index contributed by atoms with van der Waals surface area (Å²) in [5.74, 6) is 0. The van der Waals surface area contributed by atoms with E-state index in [0.29, 0.717) is 0 Å². The standard InChI is InChI=1S/C48H32N2O/c1-2-11-33(12-3-1)34-21-25-37(26-22-34)49(40-29-30-44-43-17-6-9-20-47(43)51-48(44)32-40)39-14-10-13-36(31-39)35-23-27-38(28-24-35)50-45-18-7-4-15-41(45)42-16-5-8-19-46(42)50/h1-32H. The molecule has 0 radical (unpaired) electrons. The molecule has 240 valence electrons. The minimum atomic E-state index is 0.872. The van der Waals surface area contributed by atoms with Gasteiger partial charge in [-0.05, 0) is 89.0 Å². The second kappa shape index (κ2) is 11.9. The Morgan fingerprint density at radius 3 is 1.61 bits per heavy atom. The number of benzene rings is 8. The van der Waals surface area contributed by atoms with Crippen LogP contribution in [0.5, 0.6) is 0 Å². The monoisotopic (exact) mass is 652 g/mol. The van der Waals surface area contributed by atoms with Crippen LogP contribution in [0.2, 0.25) is 0 Å². The number of anilines is 3. The maximum atomic E-state index is 6.35. The van der Waals surface area contributed by atoms with Gasteiger partial charge in [-0.3, -0.25) is 0 Å². The van der Waals surface area contributed by atoms with Gasteiger partial charge in [0.25, 0.3) is 0 Å². The second-order valence-electron chi connectivity index (χ2n) is 13.0. The fourth-order valence-electron chi connectivity index (χ4n) is 7.56. The Bertz CT molecular complexity index is 2790. The number of hydrogen-bond donors (Lipinski definition) is 0. The highest BCUT2D eigenvalue weighted by Crippen LogP contribution is 2.40. The predicted octanol–water partition coefficient (Wildman–Crippen LogP) is 13.5. The Hall–Kier alpha value is -6.84. The van der Waals surface area contributed by atoms with Crippen LogP contribution in [0.1, 0.15) is 0 Å². The number of rotatable bonds is 6. The van der Waals surface area contributed by atoms with Crippen LogP contribution in [0.15, 0.2) is 199 Å². The molecule has 0 bridgehead atoms. The Morgan fingerprint density at radius 1 is 0.333 bits per heavy atom. The lowest BCUT2D eigenvalue weighted by Crippen LogP contribution is -2.10. The van der Waals surface area contributed by atoms with Crippen molar-refractivity contribution in [1.82, 2.24) is 4.57 Å². The Kier molecular flexibility index (Phi) is 6.81. The minimum Gasteiger partial charge on any atom is -0.456 e. The van der Waals surface area contributed by atoms with Gasteiger partial charge in [0, 0.05) is 50.4 Å². The molecule has 0 aliphatic carbocycles. The van der Waals surface area contributed by atoms with Gasteiger partial charge in [0.2, 0.25) is 0 Å². The summed E-state index contributed by atoms with van der Waals surface area (Å²) in [6.07, 6.45) is 0. The lowest BCUT2D eigenvalue weighted by molar-refractivity contribution is 0.669. The van der Waals surface area contributed by atoms with Gasteiger partial charge in [-0.2, -0.15) is 0 Å². The zero-order valence-electron chi connectivity index (χ0n) is 27.8. The van der Waals surface area contributed by atoms with Crippen LogP contribution < -0.4 is 4.90 Å². The molecule has 10 aromatic rings. The van der Waals surface area contributed by atoms with Gasteiger partial charge in [0.05, 0.1) is 11.0 Å². The summed E-state index contributed by atoms with van der Waals surface area (Å²) in [7, 11) is 0. The highest BCUT2D eigenvalue weighted by molar-refractivity contribution is 6.09. The van der Waals surface area contributed by atoms with E-state index in [1.807, 2.05) is 12.1 Å². The Labute approximate surface area is 295 Å². The summed E-state index contributed by atoms with van der Waals surface area (Å²) in [5.41, 5.74) is 13.2. The molecule has 3 nitrogen and oxygen atoms in total. The van der Waals surface area contributed by atoms with E-state index >= 15 is 0 Å². The summed E-state index contributed by atoms with van der Waals surface area (Å²) in [4.78, 5) is 2.32. The molecule has 0 saturated carbocycles. The van der Waals surface area contributed by atoms with E-state index < -0.39 is 0 Å². The SMILES string of the molecule is c1ccc(-c2ccc(N(c3cccc(-c4ccc(-n5c6ccccc6c6ccccc65)cc4)c3)c3ccc4c(c3)oc3ccccc34)cc2)cc1. The lowest BCUT2D eigenvalue weighted by Gasteiger charge is -2.26. The summed E-state index contributed by atoms with van der Waals surface area (Å²) in [5, 5.41) is 4.78. The third-order valence-electron chi connectivity index (χ3n) is 10.00. The second-order valence-corrected chi connectivity index (χ2v) is 13.0. The lowest BCUT2D eigenvalue weighted by atomic mass is 10.0. The van der Waals surface area contributed by atoms with Gasteiger partial charge in [0.15, 0.2) is 0 Å². The van der Waals surface area contributed by atoms with Gasteiger partial charge in [-0.1, -0.05) is 121 Å². The first-order valence-corrected chi connectivity index (χ1v) is 17.3. The number of nitrogens with zero attached hydrogens (tertiary/aromatic N) is 2. The quantitative estimate of drug-likeness (QED) is 0.178. The van der Waals surface area contributed by atoms with Gasteiger partial charge >= 0.3 is 0 Å². The van der Waals surface area contributed by atoms with Gasteiger partial charge < -0.3 is 13.9 Å². The van der Waals surface area contributed by atoms with Crippen LogP contribution in [0, 0.1) is 0 Å². The highest BCUT2D eigenvalue weighted by atomic mass is 16.3. The molecule has 0 N–H and O–H groups in total. The first-order chi connectivity index (χ1) is 25.3. The molecule has 0 amide bonds. The minimum absolute atomic E-state index is 0.872. The zero-order chi connectivity index (χ0) is 33.7. The van der Waals surface area contributed by atoms with Crippen LogP contribution in [0.25, 0.3) is 71.7 Å². The van der Waals surface area contributed by atoms with Crippen molar-refractivity contribution in [2.75, 3.05) is 4.90 Å². The van der Waals surface area contributed by atoms with E-state index in [4.69, 9.17) is 4.42 Å². The molecule has 0 saturated heterocycles. The fraction of sp³-hybridized carbons (Fsp3) is 0. The topological polar surface area (TPSA) is 21.3 Å². The highest BCUT2D eigenvalue weighted by Gasteiger charge is 2.17. The molecular formula is C48H32N2O. The molecule has 0 aliphatic rings. The van der Waals surface area contributed by atoms with Gasteiger partial charge in [0.1, 0.15) is 11.2 Å². The van der Waals surface area contributed by atoms with Crippen LogP contribution in [0.4, 0.5) is 17.1 Å². The molecule has 51 heavy (non-hydrogen) atoms. The average Bonchev–Trinajstić information content (AvgIpc) is 3.74. The smallest absolute Gasteiger partial charge is 0.137 e. The third-order valence-corrected chi connectivity index (χ3v) is 10.00. The molecule has 0 fully saturated rings. The van der Waals surface area contributed by atoms with E-state index in [-0.39, 0.29) is 0 Å². The van der Waals surface area contributed by atoms with Crippen LogP contribution in [-0.2, 0) is 0 Å². The van der Waals surface area contributed by atoms with Crippen molar-refractivity contribution in [3.05, 3.63) is 194 Å². The normalized spacial score (nSPS) is 11.5. The number of hydrogen-bond acceptors (Lipinski definition) is 2. The molecular weight excluding hydrogens is 621 g/mol. The third kappa shape index (κ3) is 4.98. The van der Waals surface area contributed by atoms with Gasteiger partial charge in [-0.25, -0.2) is 0 Å². The Morgan fingerprint density at radius 2 is 0.863 bits per heavy atom. The molecule has 3 heteroatoms. The predicted molar refractivity (Wildman–Crippen MR) is 214 cm³/mol. The number of para-hydroxylation sites is 3. The van der Waals surface area contributed by atoms with Crippen molar-refractivity contribution in [3.63, 3.8) is 0 Å². The van der Waals surface area contributed by atoms with E-state index in [0.717, 1.165) is 55.8 Å². The number of fused-ring (bicyclic) bond motifs is 6. The molecule has 0 spiro atoms. The van der Waals surface area contributed by atoms with Crippen molar-refractivity contribution in [3.8, 4) is 27.9 Å². The molecule has 2 heterocycles. The maximum absolute atomic E-state index is 6.35. The molecule has 8 aromatic carbocycles. The van der Waals surface area contributed by atoms with E-state index in [2.05, 4.69) is 191 Å². The summed E-state index contributed by atoms with van der Waals surface area (Å²) < 4.78 is 8.71. The van der Waals surface area contributed by atoms with Crippen molar-refractivity contribution >= 4 is 60.8 Å². The van der Waals surface area contributed by atoms with E-state index in [9.17, 15) is 0 Å². The van der Waals surface area contributed by atoms with E-state index in [1.165, 1.54) is 32.9 Å². The molecule has 0 aliphatic heterocycles. The summed E-state index contributed by atoms with van der Waals surface area (Å²) >= 11 is 0. The fourth-order valence-corrected chi connectivity index (χ4v) is 7.56. The van der Waals surface area contributed by atoms with Crippen molar-refractivity contribution in [2.24, 2.45) is 0 Å². The first kappa shape index (κ1) is 29.1. The first-order valence-electron chi connectivity index (χ1n) is 17.3. The average molecular weight is 653 g/mol. The van der Waals surface area contributed by atoms with E-state index in [1.54, 1.807) is 0 Å². The molecule has 0 atom stereocenters. The van der Waals surface area contributed by atoms with Gasteiger partial charge in [-0.15, -0.1) is 0 Å². The van der Waals surface area contributed by atoms with Crippen molar-refractivity contribution in [1.29, 1.82) is 0 Å². The van der Waals surface area contributed by atoms with Crippen LogP contribution in [0.3, 0.4) is 0 Å². The van der Waals surface area contributed by atoms with Crippen LogP contribution in [-0.4, -0.2) is 4.57 Å². The summed E-state index contributed by atoms with van der Waals surface area (Å²) in [6.45, 7) is 0. The molecule has 0 unspecified atom stereocenters. The largest absolute Gasteiger partial charge is 0.456 e. The van der Waals surface area contributed by atoms with Crippen LogP contribution >= 0.6 is 0 Å². The van der Waals surface area contributed by atoms with Crippen molar-refractivity contribution < 1.29 is 4.42 Å². The molecule has 2 aromatic heterocycles. The zero-order valence-corrected chi connectivity index (χ0v) is 27.8.